The number of amides is 3. The number of ether oxygens (including phenoxy) is 4. The zero-order valence-electron chi connectivity index (χ0n) is 19.6. The van der Waals surface area contributed by atoms with Crippen LogP contribution in [0.4, 0.5) is 0 Å². The van der Waals surface area contributed by atoms with Crippen LogP contribution in [0, 0.1) is 0 Å². The highest BCUT2D eigenvalue weighted by Gasteiger charge is 2.02. The van der Waals surface area contributed by atoms with E-state index in [4.69, 9.17) is 34.6 Å². The van der Waals surface area contributed by atoms with Crippen LogP contribution in [0.15, 0.2) is 0 Å². The molecule has 0 rings (SSSR count). The highest BCUT2D eigenvalue weighted by atomic mass is 16.5. The Labute approximate surface area is 195 Å². The normalized spacial score (nSPS) is 10.3. The zero-order chi connectivity index (χ0) is 25.2. The number of carbonyl (C=O) groups is 4. The van der Waals surface area contributed by atoms with E-state index in [1.54, 1.807) is 0 Å². The van der Waals surface area contributed by atoms with Crippen molar-refractivity contribution in [3.63, 3.8) is 0 Å². The second-order valence-electron chi connectivity index (χ2n) is 6.81. The lowest BCUT2D eigenvalue weighted by atomic mass is 10.2. The summed E-state index contributed by atoms with van der Waals surface area (Å²) < 4.78 is 20.7. The van der Waals surface area contributed by atoms with E-state index in [9.17, 15) is 14.4 Å². The molecule has 3 amide bonds. The number of nitrogens with two attached hydrogens (primary N) is 1. The lowest BCUT2D eigenvalue weighted by molar-refractivity contribution is -0.127. The van der Waals surface area contributed by atoms with Crippen LogP contribution in [-0.2, 0) is 38.1 Å². The van der Waals surface area contributed by atoms with Gasteiger partial charge in [0.05, 0.1) is 39.6 Å². The fourth-order valence-electron chi connectivity index (χ4n) is 2.08. The van der Waals surface area contributed by atoms with Crippen LogP contribution in [0.2, 0.25) is 0 Å². The third-order valence-corrected chi connectivity index (χ3v) is 3.49. The summed E-state index contributed by atoms with van der Waals surface area (Å²) in [5, 5.41) is 15.6. The highest BCUT2D eigenvalue weighted by molar-refractivity contribution is 5.77. The van der Waals surface area contributed by atoms with Crippen molar-refractivity contribution in [1.29, 1.82) is 0 Å². The third-order valence-electron chi connectivity index (χ3n) is 3.49. The van der Waals surface area contributed by atoms with Gasteiger partial charge in [0.25, 0.3) is 6.47 Å². The second kappa shape index (κ2) is 25.9. The smallest absolute Gasteiger partial charge is 0.290 e. The zero-order valence-corrected chi connectivity index (χ0v) is 19.6. The molecule has 0 fully saturated rings. The van der Waals surface area contributed by atoms with Gasteiger partial charge in [-0.15, -0.1) is 0 Å². The molecule has 0 aromatic heterocycles. The molecule has 0 atom stereocenters. The van der Waals surface area contributed by atoms with Gasteiger partial charge in [0.1, 0.15) is 13.2 Å². The lowest BCUT2D eigenvalue weighted by Gasteiger charge is -2.09. The molecule has 0 aliphatic carbocycles. The Morgan fingerprint density at radius 2 is 1.30 bits per heavy atom. The van der Waals surface area contributed by atoms with Gasteiger partial charge < -0.3 is 45.7 Å². The molecule has 0 saturated heterocycles. The van der Waals surface area contributed by atoms with Crippen LogP contribution in [0.25, 0.3) is 0 Å². The molecule has 0 bridgehead atoms. The van der Waals surface area contributed by atoms with Crippen LogP contribution >= 0.6 is 0 Å². The van der Waals surface area contributed by atoms with Gasteiger partial charge in [-0.05, 0) is 13.0 Å². The molecule has 13 nitrogen and oxygen atoms in total. The highest BCUT2D eigenvalue weighted by Crippen LogP contribution is 1.88. The first kappa shape index (κ1) is 32.9. The number of hydrogen-bond acceptors (Lipinski definition) is 9. The number of carbonyl (C=O) groups excluding carboxylic acids is 3. The monoisotopic (exact) mass is 480 g/mol. The van der Waals surface area contributed by atoms with Gasteiger partial charge in [-0.25, -0.2) is 0 Å². The number of hydrogen-bond donors (Lipinski definition) is 5. The maximum Gasteiger partial charge on any atom is 0.290 e. The van der Waals surface area contributed by atoms with E-state index in [1.165, 1.54) is 0 Å². The summed E-state index contributed by atoms with van der Waals surface area (Å²) in [7, 11) is 0. The molecule has 194 valence electrons. The minimum Gasteiger partial charge on any atom is -0.483 e. The van der Waals surface area contributed by atoms with E-state index < -0.39 is 5.91 Å². The minimum atomic E-state index is -0.528. The molecule has 0 radical (unpaired) electrons. The standard InChI is InChI=1S/C19H38N4O7.CH2O2/c1-16(2)21-5-3-4-18(25)22-6-8-27-11-13-30-15-19(26)23-7-9-28-10-12-29-14-17(20)24;2-1-3/h16,21H,3-15H2,1-2H3,(H2,20,24)(H,22,25)(H,23,26);1H,(H,2,3). The van der Waals surface area contributed by atoms with Crippen molar-refractivity contribution in [2.45, 2.75) is 32.7 Å². The van der Waals surface area contributed by atoms with Gasteiger partial charge in [0, 0.05) is 25.6 Å². The summed E-state index contributed by atoms with van der Waals surface area (Å²) in [6.45, 7) is 7.25. The van der Waals surface area contributed by atoms with Crippen molar-refractivity contribution in [3.05, 3.63) is 0 Å². The molecule has 0 unspecified atom stereocenters. The van der Waals surface area contributed by atoms with Gasteiger partial charge in [0.15, 0.2) is 0 Å². The molecule has 6 N–H and O–H groups in total. The average Bonchev–Trinajstić information content (AvgIpc) is 2.75. The largest absolute Gasteiger partial charge is 0.483 e. The molecular formula is C20H40N4O9. The molecule has 33 heavy (non-hydrogen) atoms. The Morgan fingerprint density at radius 3 is 1.82 bits per heavy atom. The summed E-state index contributed by atoms with van der Waals surface area (Å²) in [6, 6.07) is 0.427. The SMILES string of the molecule is CC(C)NCCCC(=O)NCCOCCOCC(=O)NCCOCCOCC(N)=O.O=CO. The first-order chi connectivity index (χ1) is 15.8. The second-order valence-corrected chi connectivity index (χ2v) is 6.81. The van der Waals surface area contributed by atoms with Crippen molar-refractivity contribution in [2.75, 3.05) is 72.5 Å². The van der Waals surface area contributed by atoms with Crippen LogP contribution in [-0.4, -0.2) is 108 Å². The van der Waals surface area contributed by atoms with Gasteiger partial charge >= 0.3 is 0 Å². The fourth-order valence-corrected chi connectivity index (χ4v) is 2.08. The summed E-state index contributed by atoms with van der Waals surface area (Å²) in [6.07, 6.45) is 1.30. The topological polar surface area (TPSA) is 188 Å². The maximum absolute atomic E-state index is 11.6. The molecule has 0 heterocycles. The van der Waals surface area contributed by atoms with Crippen LogP contribution in [0.5, 0.6) is 0 Å². The van der Waals surface area contributed by atoms with Gasteiger partial charge in [-0.3, -0.25) is 19.2 Å². The van der Waals surface area contributed by atoms with E-state index in [2.05, 4.69) is 29.8 Å². The Balaban J connectivity index is 0. The maximum atomic E-state index is 11.6. The summed E-state index contributed by atoms with van der Waals surface area (Å²) in [4.78, 5) is 41.9. The van der Waals surface area contributed by atoms with E-state index in [0.29, 0.717) is 52.0 Å². The molecular weight excluding hydrogens is 440 g/mol. The van der Waals surface area contributed by atoms with Crippen molar-refractivity contribution in [3.8, 4) is 0 Å². The van der Waals surface area contributed by atoms with Gasteiger partial charge in [0.2, 0.25) is 17.7 Å². The van der Waals surface area contributed by atoms with E-state index >= 15 is 0 Å². The Hall–Kier alpha value is -2.32. The third kappa shape index (κ3) is 31.9. The van der Waals surface area contributed by atoms with E-state index in [0.717, 1.165) is 13.0 Å². The molecule has 0 aromatic rings. The number of primary amides is 1. The summed E-state index contributed by atoms with van der Waals surface area (Å²) >= 11 is 0. The van der Waals surface area contributed by atoms with Gasteiger partial charge in [-0.1, -0.05) is 13.8 Å². The number of rotatable bonds is 21. The first-order valence-corrected chi connectivity index (χ1v) is 10.8. The Kier molecular flexibility index (Phi) is 25.8. The van der Waals surface area contributed by atoms with E-state index in [1.807, 2.05) is 0 Å². The fraction of sp³-hybridized carbons (Fsp3) is 0.800. The number of carboxylic acid groups (broad SMARTS) is 1. The lowest BCUT2D eigenvalue weighted by Crippen LogP contribution is -2.31. The quantitative estimate of drug-likeness (QED) is 0.0931. The van der Waals surface area contributed by atoms with Crippen molar-refractivity contribution in [1.82, 2.24) is 16.0 Å². The van der Waals surface area contributed by atoms with Crippen molar-refractivity contribution < 1.29 is 43.2 Å². The van der Waals surface area contributed by atoms with Crippen LogP contribution in [0.1, 0.15) is 26.7 Å². The molecule has 0 saturated carbocycles. The van der Waals surface area contributed by atoms with Crippen LogP contribution in [0.3, 0.4) is 0 Å². The Bertz CT molecular complexity index is 508. The molecule has 0 aliphatic heterocycles. The molecule has 0 aromatic carbocycles. The predicted octanol–water partition coefficient (Wildman–Crippen LogP) is -1.75. The van der Waals surface area contributed by atoms with Crippen molar-refractivity contribution in [2.24, 2.45) is 5.73 Å². The minimum absolute atomic E-state index is 0.0132. The molecule has 0 aliphatic rings. The summed E-state index contributed by atoms with van der Waals surface area (Å²) in [5.41, 5.74) is 4.92. The van der Waals surface area contributed by atoms with E-state index in [-0.39, 0.29) is 44.7 Å². The van der Waals surface area contributed by atoms with Crippen LogP contribution < -0.4 is 21.7 Å². The average molecular weight is 481 g/mol. The Morgan fingerprint density at radius 1 is 0.818 bits per heavy atom. The van der Waals surface area contributed by atoms with Crippen molar-refractivity contribution >= 4 is 24.2 Å². The molecule has 0 spiro atoms. The number of nitrogens with one attached hydrogen (secondary N) is 3. The van der Waals surface area contributed by atoms with Gasteiger partial charge in [-0.2, -0.15) is 0 Å². The first-order valence-electron chi connectivity index (χ1n) is 10.8. The summed E-state index contributed by atoms with van der Waals surface area (Å²) in [5.74, 6) is -0.762. The molecule has 13 heteroatoms. The predicted molar refractivity (Wildman–Crippen MR) is 120 cm³/mol.